The molecule has 114 valence electrons. The molecule has 1 aromatic rings. The molecule has 1 unspecified atom stereocenters. The summed E-state index contributed by atoms with van der Waals surface area (Å²) in [6.45, 7) is 4.94. The maximum atomic E-state index is 11.7. The Labute approximate surface area is 132 Å². The van der Waals surface area contributed by atoms with Gasteiger partial charge in [-0.25, -0.2) is 0 Å². The van der Waals surface area contributed by atoms with Crippen molar-refractivity contribution >= 4 is 30.7 Å². The van der Waals surface area contributed by atoms with Crippen LogP contribution in [0.15, 0.2) is 18.3 Å². The Bertz CT molecular complexity index is 392. The van der Waals surface area contributed by atoms with Crippen molar-refractivity contribution in [3.63, 3.8) is 0 Å². The number of carbonyl (C=O) groups excluding carboxylic acids is 1. The number of amides is 1. The summed E-state index contributed by atoms with van der Waals surface area (Å²) < 4.78 is 0. The molecular weight excluding hydrogens is 297 g/mol. The molecule has 1 amide bonds. The number of hydrogen-bond acceptors (Lipinski definition) is 3. The smallest absolute Gasteiger partial charge is 0.224 e. The van der Waals surface area contributed by atoms with Gasteiger partial charge in [-0.15, -0.1) is 24.8 Å². The van der Waals surface area contributed by atoms with Gasteiger partial charge in [-0.05, 0) is 50.4 Å². The Balaban J connectivity index is 0.00000180. The van der Waals surface area contributed by atoms with E-state index >= 15 is 0 Å². The maximum absolute atomic E-state index is 11.7. The van der Waals surface area contributed by atoms with Crippen molar-refractivity contribution < 1.29 is 4.79 Å². The van der Waals surface area contributed by atoms with E-state index in [0.717, 1.165) is 43.2 Å². The van der Waals surface area contributed by atoms with E-state index < -0.39 is 0 Å². The number of rotatable bonds is 5. The van der Waals surface area contributed by atoms with Gasteiger partial charge in [0.05, 0.1) is 6.42 Å². The van der Waals surface area contributed by atoms with Crippen molar-refractivity contribution in [2.24, 2.45) is 5.92 Å². The van der Waals surface area contributed by atoms with E-state index in [0.29, 0.717) is 6.42 Å². The first-order valence-corrected chi connectivity index (χ1v) is 6.63. The molecule has 1 atom stereocenters. The predicted molar refractivity (Wildman–Crippen MR) is 85.8 cm³/mol. The lowest BCUT2D eigenvalue weighted by Gasteiger charge is -2.09. The number of nitrogens with zero attached hydrogens (tertiary/aromatic N) is 1. The van der Waals surface area contributed by atoms with E-state index in [1.165, 1.54) is 6.42 Å². The molecule has 2 N–H and O–H groups in total. The number of nitrogens with one attached hydrogen (secondary N) is 2. The van der Waals surface area contributed by atoms with Gasteiger partial charge in [-0.1, -0.05) is 6.07 Å². The van der Waals surface area contributed by atoms with E-state index in [-0.39, 0.29) is 30.7 Å². The topological polar surface area (TPSA) is 54.0 Å². The Hall–Kier alpha value is -0.840. The number of aromatic nitrogens is 1. The normalized spacial score (nSPS) is 16.9. The van der Waals surface area contributed by atoms with Crippen molar-refractivity contribution in [3.05, 3.63) is 29.6 Å². The fourth-order valence-electron chi connectivity index (χ4n) is 2.23. The standard InChI is InChI=1S/C14H21N3O.2ClH/c1-11-2-3-13(10-17-11)8-14(18)16-7-5-12-4-6-15-9-12;;/h2-3,10,12,15H,4-9H2,1H3,(H,16,18);2*1H. The average Bonchev–Trinajstić information content (AvgIpc) is 2.85. The van der Waals surface area contributed by atoms with Crippen LogP contribution in [0.1, 0.15) is 24.1 Å². The molecule has 0 aromatic carbocycles. The molecule has 0 spiro atoms. The van der Waals surface area contributed by atoms with Crippen LogP contribution in [-0.4, -0.2) is 30.5 Å². The number of carbonyl (C=O) groups is 1. The summed E-state index contributed by atoms with van der Waals surface area (Å²) in [4.78, 5) is 15.9. The molecule has 1 aliphatic rings. The lowest BCUT2D eigenvalue weighted by molar-refractivity contribution is -0.120. The second-order valence-electron chi connectivity index (χ2n) is 4.98. The molecule has 1 aromatic heterocycles. The minimum Gasteiger partial charge on any atom is -0.356 e. The van der Waals surface area contributed by atoms with Crippen molar-refractivity contribution in [3.8, 4) is 0 Å². The Morgan fingerprint density at radius 2 is 2.25 bits per heavy atom. The molecule has 0 saturated carbocycles. The Morgan fingerprint density at radius 3 is 2.85 bits per heavy atom. The monoisotopic (exact) mass is 319 g/mol. The molecule has 1 saturated heterocycles. The second kappa shape index (κ2) is 9.97. The van der Waals surface area contributed by atoms with Gasteiger partial charge in [-0.2, -0.15) is 0 Å². The highest BCUT2D eigenvalue weighted by Gasteiger charge is 2.14. The van der Waals surface area contributed by atoms with Gasteiger partial charge in [0.2, 0.25) is 5.91 Å². The van der Waals surface area contributed by atoms with Crippen LogP contribution < -0.4 is 10.6 Å². The lowest BCUT2D eigenvalue weighted by Crippen LogP contribution is -2.27. The summed E-state index contributed by atoms with van der Waals surface area (Å²) in [5.41, 5.74) is 1.95. The van der Waals surface area contributed by atoms with Crippen LogP contribution in [0.4, 0.5) is 0 Å². The molecule has 6 heteroatoms. The number of pyridine rings is 1. The van der Waals surface area contributed by atoms with Crippen molar-refractivity contribution in [2.75, 3.05) is 19.6 Å². The third-order valence-electron chi connectivity index (χ3n) is 3.37. The van der Waals surface area contributed by atoms with E-state index in [4.69, 9.17) is 0 Å². The molecule has 2 rings (SSSR count). The summed E-state index contributed by atoms with van der Waals surface area (Å²) >= 11 is 0. The van der Waals surface area contributed by atoms with Crippen LogP contribution in [0.3, 0.4) is 0 Å². The largest absolute Gasteiger partial charge is 0.356 e. The quantitative estimate of drug-likeness (QED) is 0.871. The molecule has 0 aliphatic carbocycles. The molecular formula is C14H23Cl2N3O. The average molecular weight is 320 g/mol. The van der Waals surface area contributed by atoms with Crippen LogP contribution in [-0.2, 0) is 11.2 Å². The third-order valence-corrected chi connectivity index (χ3v) is 3.37. The van der Waals surface area contributed by atoms with Crippen molar-refractivity contribution in [1.82, 2.24) is 15.6 Å². The molecule has 0 bridgehead atoms. The van der Waals surface area contributed by atoms with Crippen LogP contribution >= 0.6 is 24.8 Å². The highest BCUT2D eigenvalue weighted by molar-refractivity contribution is 5.85. The highest BCUT2D eigenvalue weighted by Crippen LogP contribution is 2.10. The molecule has 4 nitrogen and oxygen atoms in total. The van der Waals surface area contributed by atoms with E-state index in [1.54, 1.807) is 6.20 Å². The summed E-state index contributed by atoms with van der Waals surface area (Å²) in [5.74, 6) is 0.818. The van der Waals surface area contributed by atoms with Crippen LogP contribution in [0, 0.1) is 12.8 Å². The van der Waals surface area contributed by atoms with Gasteiger partial charge in [0.25, 0.3) is 0 Å². The first-order chi connectivity index (χ1) is 8.74. The fourth-order valence-corrected chi connectivity index (χ4v) is 2.23. The molecule has 20 heavy (non-hydrogen) atoms. The van der Waals surface area contributed by atoms with Gasteiger partial charge in [0.15, 0.2) is 0 Å². The van der Waals surface area contributed by atoms with Crippen molar-refractivity contribution in [1.29, 1.82) is 0 Å². The number of hydrogen-bond donors (Lipinski definition) is 2. The zero-order valence-corrected chi connectivity index (χ0v) is 13.4. The van der Waals surface area contributed by atoms with E-state index in [1.807, 2.05) is 19.1 Å². The van der Waals surface area contributed by atoms with E-state index in [9.17, 15) is 4.79 Å². The zero-order valence-electron chi connectivity index (χ0n) is 11.7. The van der Waals surface area contributed by atoms with E-state index in [2.05, 4.69) is 15.6 Å². The van der Waals surface area contributed by atoms with Gasteiger partial charge in [0.1, 0.15) is 0 Å². The van der Waals surface area contributed by atoms with Crippen LogP contribution in [0.5, 0.6) is 0 Å². The zero-order chi connectivity index (χ0) is 12.8. The van der Waals surface area contributed by atoms with Crippen LogP contribution in [0.2, 0.25) is 0 Å². The maximum Gasteiger partial charge on any atom is 0.224 e. The predicted octanol–water partition coefficient (Wildman–Crippen LogP) is 1.89. The number of halogens is 2. The van der Waals surface area contributed by atoms with Gasteiger partial charge in [0, 0.05) is 18.4 Å². The first-order valence-electron chi connectivity index (χ1n) is 6.63. The first kappa shape index (κ1) is 19.2. The minimum atomic E-state index is 0. The third kappa shape index (κ3) is 6.55. The SMILES string of the molecule is Cc1ccc(CC(=O)NCCC2CCNC2)cn1.Cl.Cl. The summed E-state index contributed by atoms with van der Waals surface area (Å²) in [7, 11) is 0. The minimum absolute atomic E-state index is 0. The fraction of sp³-hybridized carbons (Fsp3) is 0.571. The Morgan fingerprint density at radius 1 is 1.45 bits per heavy atom. The highest BCUT2D eigenvalue weighted by atomic mass is 35.5. The molecule has 2 heterocycles. The second-order valence-corrected chi connectivity index (χ2v) is 4.98. The van der Waals surface area contributed by atoms with Gasteiger partial charge >= 0.3 is 0 Å². The van der Waals surface area contributed by atoms with Gasteiger partial charge in [-0.3, -0.25) is 9.78 Å². The summed E-state index contributed by atoms with van der Waals surface area (Å²) in [5, 5.41) is 6.31. The summed E-state index contributed by atoms with van der Waals surface area (Å²) in [6.07, 6.45) is 4.51. The Kier molecular flexibility index (Phi) is 9.55. The summed E-state index contributed by atoms with van der Waals surface area (Å²) in [6, 6.07) is 3.90. The molecule has 0 radical (unpaired) electrons. The molecule has 1 fully saturated rings. The number of aryl methyl sites for hydroxylation is 1. The lowest BCUT2D eigenvalue weighted by atomic mass is 10.1. The van der Waals surface area contributed by atoms with Crippen LogP contribution in [0.25, 0.3) is 0 Å². The van der Waals surface area contributed by atoms with Crippen molar-refractivity contribution in [2.45, 2.75) is 26.2 Å². The van der Waals surface area contributed by atoms with Gasteiger partial charge < -0.3 is 10.6 Å². The molecule has 1 aliphatic heterocycles.